The van der Waals surface area contributed by atoms with E-state index in [1.54, 1.807) is 37.2 Å². The molecule has 36 heavy (non-hydrogen) atoms. The molecule has 0 aliphatic rings. The molecular formula is C26H23N9O. The Morgan fingerprint density at radius 1 is 0.889 bits per heavy atom. The van der Waals surface area contributed by atoms with Gasteiger partial charge in [0.2, 0.25) is 0 Å². The number of pyridine rings is 4. The van der Waals surface area contributed by atoms with Gasteiger partial charge < -0.3 is 14.6 Å². The SMILES string of the molecule is CN(C)CCOc1cncc(-c2cc3c(-c4nc5c(-c6cccnc6)nccc5[nH]4)n[nH]c3cn2)c1. The van der Waals surface area contributed by atoms with Gasteiger partial charge in [-0.15, -0.1) is 0 Å². The number of likely N-dealkylation sites (N-methyl/N-ethyl adjacent to an activating group) is 1. The first-order valence-electron chi connectivity index (χ1n) is 11.5. The smallest absolute Gasteiger partial charge is 0.159 e. The van der Waals surface area contributed by atoms with E-state index in [9.17, 15) is 0 Å². The summed E-state index contributed by atoms with van der Waals surface area (Å²) in [6.07, 6.45) is 10.5. The van der Waals surface area contributed by atoms with Crippen molar-refractivity contribution in [2.45, 2.75) is 0 Å². The highest BCUT2D eigenvalue weighted by Gasteiger charge is 2.17. The molecule has 178 valence electrons. The van der Waals surface area contributed by atoms with Crippen LogP contribution >= 0.6 is 0 Å². The van der Waals surface area contributed by atoms with Gasteiger partial charge >= 0.3 is 0 Å². The summed E-state index contributed by atoms with van der Waals surface area (Å²) in [5, 5.41) is 8.50. The van der Waals surface area contributed by atoms with E-state index in [2.05, 4.69) is 40.0 Å². The van der Waals surface area contributed by atoms with Gasteiger partial charge in [-0.3, -0.25) is 25.0 Å². The van der Waals surface area contributed by atoms with E-state index >= 15 is 0 Å². The third-order valence-corrected chi connectivity index (χ3v) is 5.82. The highest BCUT2D eigenvalue weighted by Crippen LogP contribution is 2.31. The molecule has 0 aliphatic heterocycles. The molecule has 0 radical (unpaired) electrons. The van der Waals surface area contributed by atoms with Crippen molar-refractivity contribution in [3.05, 3.63) is 67.5 Å². The molecule has 6 aromatic rings. The van der Waals surface area contributed by atoms with Gasteiger partial charge in [-0.25, -0.2) is 4.98 Å². The van der Waals surface area contributed by atoms with Crippen molar-refractivity contribution in [3.63, 3.8) is 0 Å². The van der Waals surface area contributed by atoms with Crippen molar-refractivity contribution >= 4 is 21.9 Å². The van der Waals surface area contributed by atoms with Crippen LogP contribution in [0.3, 0.4) is 0 Å². The molecule has 0 fully saturated rings. The lowest BCUT2D eigenvalue weighted by atomic mass is 10.1. The van der Waals surface area contributed by atoms with Gasteiger partial charge in [0.1, 0.15) is 23.6 Å². The van der Waals surface area contributed by atoms with Crippen LogP contribution in [0.1, 0.15) is 0 Å². The minimum atomic E-state index is 0.582. The zero-order chi connectivity index (χ0) is 24.5. The normalized spacial score (nSPS) is 11.5. The van der Waals surface area contributed by atoms with Gasteiger partial charge in [-0.1, -0.05) is 0 Å². The largest absolute Gasteiger partial charge is 0.491 e. The molecule has 10 nitrogen and oxygen atoms in total. The van der Waals surface area contributed by atoms with Crippen LogP contribution in [-0.4, -0.2) is 72.2 Å². The zero-order valence-corrected chi connectivity index (χ0v) is 19.8. The number of imidazole rings is 1. The average molecular weight is 478 g/mol. The minimum Gasteiger partial charge on any atom is -0.491 e. The molecular weight excluding hydrogens is 454 g/mol. The maximum absolute atomic E-state index is 5.85. The van der Waals surface area contributed by atoms with Crippen LogP contribution in [0, 0.1) is 0 Å². The van der Waals surface area contributed by atoms with E-state index < -0.39 is 0 Å². The van der Waals surface area contributed by atoms with Crippen LogP contribution in [0.5, 0.6) is 5.75 Å². The lowest BCUT2D eigenvalue weighted by Crippen LogP contribution is -2.19. The van der Waals surface area contributed by atoms with Crippen LogP contribution in [0.4, 0.5) is 0 Å². The fourth-order valence-corrected chi connectivity index (χ4v) is 4.00. The van der Waals surface area contributed by atoms with Gasteiger partial charge in [0.05, 0.1) is 34.8 Å². The average Bonchev–Trinajstić information content (AvgIpc) is 3.53. The third-order valence-electron chi connectivity index (χ3n) is 5.82. The lowest BCUT2D eigenvalue weighted by molar-refractivity contribution is 0.261. The number of aromatic nitrogens is 8. The Bertz CT molecular complexity index is 1660. The predicted molar refractivity (Wildman–Crippen MR) is 137 cm³/mol. The summed E-state index contributed by atoms with van der Waals surface area (Å²) in [4.78, 5) is 28.0. The van der Waals surface area contributed by atoms with E-state index in [4.69, 9.17) is 9.72 Å². The van der Waals surface area contributed by atoms with Gasteiger partial charge in [-0.2, -0.15) is 5.10 Å². The molecule has 0 aliphatic carbocycles. The molecule has 0 atom stereocenters. The second-order valence-electron chi connectivity index (χ2n) is 8.63. The Morgan fingerprint density at radius 2 is 1.81 bits per heavy atom. The third kappa shape index (κ3) is 4.14. The lowest BCUT2D eigenvalue weighted by Gasteiger charge is -2.11. The van der Waals surface area contributed by atoms with Crippen LogP contribution in [-0.2, 0) is 0 Å². The first-order valence-corrected chi connectivity index (χ1v) is 11.5. The quantitative estimate of drug-likeness (QED) is 0.354. The van der Waals surface area contributed by atoms with Gasteiger partial charge in [0.15, 0.2) is 5.82 Å². The Balaban J connectivity index is 1.38. The van der Waals surface area contributed by atoms with Crippen molar-refractivity contribution in [3.8, 4) is 39.8 Å². The molecule has 6 aromatic heterocycles. The second kappa shape index (κ2) is 9.16. The van der Waals surface area contributed by atoms with E-state index in [0.29, 0.717) is 23.9 Å². The second-order valence-corrected chi connectivity index (χ2v) is 8.63. The van der Waals surface area contributed by atoms with E-state index in [-0.39, 0.29) is 0 Å². The number of nitrogens with one attached hydrogen (secondary N) is 2. The van der Waals surface area contributed by atoms with E-state index in [0.717, 1.165) is 51.0 Å². The summed E-state index contributed by atoms with van der Waals surface area (Å²) >= 11 is 0. The number of aromatic amines is 2. The van der Waals surface area contributed by atoms with Crippen LogP contribution < -0.4 is 4.74 Å². The summed E-state index contributed by atoms with van der Waals surface area (Å²) in [7, 11) is 4.02. The number of H-pyrrole nitrogens is 2. The van der Waals surface area contributed by atoms with Crippen LogP contribution in [0.25, 0.3) is 56.0 Å². The Morgan fingerprint density at radius 3 is 2.67 bits per heavy atom. The highest BCUT2D eigenvalue weighted by molar-refractivity contribution is 5.96. The maximum Gasteiger partial charge on any atom is 0.159 e. The monoisotopic (exact) mass is 477 g/mol. The van der Waals surface area contributed by atoms with Crippen molar-refractivity contribution in [1.82, 2.24) is 45.0 Å². The number of hydrogen-bond donors (Lipinski definition) is 2. The maximum atomic E-state index is 5.85. The number of fused-ring (bicyclic) bond motifs is 2. The molecule has 0 aromatic carbocycles. The summed E-state index contributed by atoms with van der Waals surface area (Å²) in [5.41, 5.74) is 6.44. The standard InChI is InChI=1S/C26H23N9O/c1-35(2)8-9-36-18-10-17(13-28-14-18)21-11-19-22(15-30-21)33-34-24(19)26-31-20-5-7-29-23(25(20)32-26)16-4-3-6-27-12-16/h3-7,10-15H,8-9H2,1-2H3,(H,31,32)(H,33,34). The Hall–Kier alpha value is -4.70. The number of nitrogens with zero attached hydrogens (tertiary/aromatic N) is 7. The summed E-state index contributed by atoms with van der Waals surface area (Å²) in [6, 6.07) is 9.69. The summed E-state index contributed by atoms with van der Waals surface area (Å²) < 4.78 is 5.85. The molecule has 2 N–H and O–H groups in total. The van der Waals surface area contributed by atoms with Gasteiger partial charge in [0, 0.05) is 47.8 Å². The fourth-order valence-electron chi connectivity index (χ4n) is 4.00. The molecule has 6 rings (SSSR count). The molecule has 0 unspecified atom stereocenters. The number of rotatable bonds is 7. The topological polar surface area (TPSA) is 121 Å². The molecule has 0 saturated carbocycles. The Kier molecular flexibility index (Phi) is 5.55. The fraction of sp³-hybridized carbons (Fsp3) is 0.154. The molecule has 10 heteroatoms. The van der Waals surface area contributed by atoms with Crippen molar-refractivity contribution < 1.29 is 4.74 Å². The minimum absolute atomic E-state index is 0.582. The molecule has 0 amide bonds. The van der Waals surface area contributed by atoms with E-state index in [1.165, 1.54) is 0 Å². The summed E-state index contributed by atoms with van der Waals surface area (Å²) in [5.74, 6) is 1.35. The van der Waals surface area contributed by atoms with Crippen molar-refractivity contribution in [2.75, 3.05) is 27.2 Å². The molecule has 0 spiro atoms. The van der Waals surface area contributed by atoms with Crippen LogP contribution in [0.15, 0.2) is 67.5 Å². The molecule has 6 heterocycles. The highest BCUT2D eigenvalue weighted by atomic mass is 16.5. The van der Waals surface area contributed by atoms with Gasteiger partial charge in [0.25, 0.3) is 0 Å². The zero-order valence-electron chi connectivity index (χ0n) is 19.8. The molecule has 0 bridgehead atoms. The first-order chi connectivity index (χ1) is 17.7. The number of ether oxygens (including phenoxy) is 1. The van der Waals surface area contributed by atoms with E-state index in [1.807, 2.05) is 44.4 Å². The molecule has 0 saturated heterocycles. The number of hydrogen-bond acceptors (Lipinski definition) is 8. The Labute approximate surface area is 206 Å². The summed E-state index contributed by atoms with van der Waals surface area (Å²) in [6.45, 7) is 1.40. The van der Waals surface area contributed by atoms with Crippen molar-refractivity contribution in [2.24, 2.45) is 0 Å². The van der Waals surface area contributed by atoms with Crippen molar-refractivity contribution in [1.29, 1.82) is 0 Å². The van der Waals surface area contributed by atoms with Gasteiger partial charge in [-0.05, 0) is 44.4 Å². The van der Waals surface area contributed by atoms with Crippen LogP contribution in [0.2, 0.25) is 0 Å². The first kappa shape index (κ1) is 21.8. The predicted octanol–water partition coefficient (Wildman–Crippen LogP) is 3.96.